The molecule has 0 spiro atoms. The van der Waals surface area contributed by atoms with Crippen molar-refractivity contribution in [3.63, 3.8) is 0 Å². The summed E-state index contributed by atoms with van der Waals surface area (Å²) >= 11 is 0. The fourth-order valence-corrected chi connectivity index (χ4v) is 0.838. The quantitative estimate of drug-likeness (QED) is 0.538. The fraction of sp³-hybridized carbons (Fsp3) is 0.250. The second kappa shape index (κ2) is 3.82. The molecule has 1 aliphatic carbocycles. The molecular weight excluding hydrogens is 158 g/mol. The van der Waals surface area contributed by atoms with Gasteiger partial charge >= 0.3 is 0 Å². The van der Waals surface area contributed by atoms with E-state index >= 15 is 0 Å². The molecule has 64 valence electrons. The van der Waals surface area contributed by atoms with Crippen molar-refractivity contribution in [3.05, 3.63) is 23.9 Å². The Balaban J connectivity index is 2.62. The third-order valence-corrected chi connectivity index (χ3v) is 1.38. The molecule has 4 nitrogen and oxygen atoms in total. The Labute approximate surface area is 69.6 Å². The molecule has 1 aliphatic rings. The van der Waals surface area contributed by atoms with E-state index in [2.05, 4.69) is 5.32 Å². The van der Waals surface area contributed by atoms with E-state index in [1.165, 1.54) is 18.2 Å². The van der Waals surface area contributed by atoms with Crippen LogP contribution in [0.5, 0.6) is 0 Å². The first-order valence-corrected chi connectivity index (χ1v) is 3.57. The van der Waals surface area contributed by atoms with Crippen LogP contribution in [0.1, 0.15) is 0 Å². The molecule has 0 fully saturated rings. The van der Waals surface area contributed by atoms with Crippen LogP contribution in [0.4, 0.5) is 0 Å². The molecule has 0 aromatic rings. The number of carbonyl (C=O) groups excluding carboxylic acids is 2. The largest absolute Gasteiger partial charge is 0.395 e. The number of carbonyl (C=O) groups is 2. The molecule has 2 N–H and O–H groups in total. The Bertz CT molecular complexity index is 265. The molecule has 0 amide bonds. The van der Waals surface area contributed by atoms with Gasteiger partial charge in [0.05, 0.1) is 12.3 Å². The van der Waals surface area contributed by atoms with Crippen LogP contribution in [0.3, 0.4) is 0 Å². The lowest BCUT2D eigenvalue weighted by molar-refractivity contribution is -0.114. The van der Waals surface area contributed by atoms with Gasteiger partial charge in [-0.15, -0.1) is 0 Å². The number of nitrogens with one attached hydrogen (secondary N) is 1. The van der Waals surface area contributed by atoms with Gasteiger partial charge < -0.3 is 10.4 Å². The second-order valence-electron chi connectivity index (χ2n) is 2.31. The predicted octanol–water partition coefficient (Wildman–Crippen LogP) is -0.840. The monoisotopic (exact) mass is 167 g/mol. The number of hydrogen-bond donors (Lipinski definition) is 2. The van der Waals surface area contributed by atoms with Gasteiger partial charge in [0.1, 0.15) is 0 Å². The van der Waals surface area contributed by atoms with Crippen molar-refractivity contribution in [1.29, 1.82) is 0 Å². The summed E-state index contributed by atoms with van der Waals surface area (Å²) in [5.74, 6) is -0.446. The van der Waals surface area contributed by atoms with E-state index in [9.17, 15) is 9.59 Å². The van der Waals surface area contributed by atoms with Crippen LogP contribution in [-0.4, -0.2) is 29.8 Å². The maximum atomic E-state index is 11.0. The Morgan fingerprint density at radius 2 is 2.08 bits per heavy atom. The van der Waals surface area contributed by atoms with Crippen molar-refractivity contribution >= 4 is 11.6 Å². The predicted molar refractivity (Wildman–Crippen MR) is 42.3 cm³/mol. The minimum absolute atomic E-state index is 0.0669. The first kappa shape index (κ1) is 8.67. The molecule has 0 unspecified atom stereocenters. The summed E-state index contributed by atoms with van der Waals surface area (Å²) in [5.41, 5.74) is 0.247. The first-order valence-electron chi connectivity index (χ1n) is 3.57. The van der Waals surface area contributed by atoms with E-state index in [0.717, 1.165) is 0 Å². The Morgan fingerprint density at radius 3 is 2.75 bits per heavy atom. The van der Waals surface area contributed by atoms with Crippen molar-refractivity contribution in [2.24, 2.45) is 0 Å². The van der Waals surface area contributed by atoms with Gasteiger partial charge in [0.25, 0.3) is 0 Å². The van der Waals surface area contributed by atoms with Gasteiger partial charge in [0, 0.05) is 12.6 Å². The molecule has 1 rings (SSSR count). The molecule has 0 bridgehead atoms. The fourth-order valence-electron chi connectivity index (χ4n) is 0.838. The molecule has 4 heteroatoms. The zero-order chi connectivity index (χ0) is 8.97. The third kappa shape index (κ3) is 2.03. The van der Waals surface area contributed by atoms with Crippen LogP contribution in [0.2, 0.25) is 0 Å². The van der Waals surface area contributed by atoms with Crippen LogP contribution in [0.15, 0.2) is 23.9 Å². The number of hydrogen-bond acceptors (Lipinski definition) is 4. The van der Waals surface area contributed by atoms with E-state index in [4.69, 9.17) is 5.11 Å². The van der Waals surface area contributed by atoms with Gasteiger partial charge in [-0.1, -0.05) is 0 Å². The van der Waals surface area contributed by atoms with Crippen molar-refractivity contribution in [2.75, 3.05) is 13.2 Å². The van der Waals surface area contributed by atoms with Gasteiger partial charge in [-0.2, -0.15) is 0 Å². The van der Waals surface area contributed by atoms with Crippen molar-refractivity contribution < 1.29 is 14.7 Å². The SMILES string of the molecule is O=C1C=CC(=O)C(NCCO)=C1. The minimum Gasteiger partial charge on any atom is -0.395 e. The summed E-state index contributed by atoms with van der Waals surface area (Å²) in [7, 11) is 0. The van der Waals surface area contributed by atoms with Crippen molar-refractivity contribution in [3.8, 4) is 0 Å². The Hall–Kier alpha value is -1.42. The summed E-state index contributed by atoms with van der Waals surface area (Å²) in [6.07, 6.45) is 3.65. The van der Waals surface area contributed by atoms with Crippen LogP contribution in [0.25, 0.3) is 0 Å². The van der Waals surface area contributed by atoms with Gasteiger partial charge in [-0.25, -0.2) is 0 Å². The van der Waals surface area contributed by atoms with Crippen molar-refractivity contribution in [2.45, 2.75) is 0 Å². The highest BCUT2D eigenvalue weighted by Gasteiger charge is 2.11. The lowest BCUT2D eigenvalue weighted by atomic mass is 10.1. The lowest BCUT2D eigenvalue weighted by Gasteiger charge is -2.07. The Kier molecular flexibility index (Phi) is 2.76. The second-order valence-corrected chi connectivity index (χ2v) is 2.31. The van der Waals surface area contributed by atoms with Gasteiger partial charge in [0.2, 0.25) is 5.78 Å². The number of aliphatic hydroxyl groups is 1. The zero-order valence-corrected chi connectivity index (χ0v) is 6.41. The average Bonchev–Trinajstić information content (AvgIpc) is 2.07. The summed E-state index contributed by atoms with van der Waals surface area (Å²) in [6.45, 7) is 0.210. The molecule has 0 aliphatic heterocycles. The molecule has 0 heterocycles. The van der Waals surface area contributed by atoms with Crippen LogP contribution in [-0.2, 0) is 9.59 Å². The van der Waals surface area contributed by atoms with Crippen molar-refractivity contribution in [1.82, 2.24) is 5.32 Å². The normalized spacial score (nSPS) is 16.2. The summed E-state index contributed by atoms with van der Waals surface area (Å²) in [4.78, 5) is 21.8. The average molecular weight is 167 g/mol. The summed E-state index contributed by atoms with van der Waals surface area (Å²) in [6, 6.07) is 0. The van der Waals surface area contributed by atoms with E-state index in [-0.39, 0.29) is 30.4 Å². The molecule has 0 aromatic carbocycles. The molecule has 0 aromatic heterocycles. The highest BCUT2D eigenvalue weighted by molar-refractivity contribution is 6.16. The number of ketones is 2. The molecule has 0 atom stereocenters. The van der Waals surface area contributed by atoms with E-state index in [1.807, 2.05) is 0 Å². The summed E-state index contributed by atoms with van der Waals surface area (Å²) in [5, 5.41) is 11.1. The van der Waals surface area contributed by atoms with Crippen LogP contribution < -0.4 is 5.32 Å². The first-order chi connectivity index (χ1) is 5.74. The molecule has 0 radical (unpaired) electrons. The standard InChI is InChI=1S/C8H9NO3/c10-4-3-9-7-5-6(11)1-2-8(7)12/h1-2,5,9-10H,3-4H2. The topological polar surface area (TPSA) is 66.4 Å². The number of rotatable bonds is 3. The maximum absolute atomic E-state index is 11.0. The smallest absolute Gasteiger partial charge is 0.201 e. The van der Waals surface area contributed by atoms with Crippen LogP contribution in [0, 0.1) is 0 Å². The molecule has 0 saturated heterocycles. The van der Waals surface area contributed by atoms with E-state index < -0.39 is 0 Å². The molecule has 0 saturated carbocycles. The lowest BCUT2D eigenvalue weighted by Crippen LogP contribution is -2.25. The highest BCUT2D eigenvalue weighted by atomic mass is 16.3. The molecule has 12 heavy (non-hydrogen) atoms. The Morgan fingerprint density at radius 1 is 1.33 bits per heavy atom. The van der Waals surface area contributed by atoms with E-state index in [0.29, 0.717) is 0 Å². The maximum Gasteiger partial charge on any atom is 0.201 e. The number of allylic oxidation sites excluding steroid dienone is 3. The molecular formula is C8H9NO3. The van der Waals surface area contributed by atoms with E-state index in [1.54, 1.807) is 0 Å². The van der Waals surface area contributed by atoms with Gasteiger partial charge in [-0.05, 0) is 12.2 Å². The summed E-state index contributed by atoms with van der Waals surface area (Å²) < 4.78 is 0. The highest BCUT2D eigenvalue weighted by Crippen LogP contribution is 2.00. The van der Waals surface area contributed by atoms with Gasteiger partial charge in [0.15, 0.2) is 5.78 Å². The third-order valence-electron chi connectivity index (χ3n) is 1.38. The van der Waals surface area contributed by atoms with Gasteiger partial charge in [-0.3, -0.25) is 9.59 Å². The minimum atomic E-state index is -0.233. The van der Waals surface area contributed by atoms with Crippen LogP contribution >= 0.6 is 0 Å². The number of aliphatic hydroxyl groups excluding tert-OH is 1. The zero-order valence-electron chi connectivity index (χ0n) is 6.41.